The van der Waals surface area contributed by atoms with Crippen molar-refractivity contribution < 1.29 is 4.74 Å². The number of nitrogens with zero attached hydrogens (tertiary/aromatic N) is 2. The van der Waals surface area contributed by atoms with E-state index in [2.05, 4.69) is 34.4 Å². The number of ether oxygens (including phenoxy) is 1. The van der Waals surface area contributed by atoms with E-state index in [1.165, 1.54) is 10.9 Å². The van der Waals surface area contributed by atoms with Gasteiger partial charge in [0, 0.05) is 43.3 Å². The second-order valence-electron chi connectivity index (χ2n) is 4.98. The number of aromatic nitrogens is 1. The van der Waals surface area contributed by atoms with Crippen LogP contribution in [-0.4, -0.2) is 43.7 Å². The van der Waals surface area contributed by atoms with E-state index in [-0.39, 0.29) is 0 Å². The van der Waals surface area contributed by atoms with E-state index in [0.29, 0.717) is 6.04 Å². The highest BCUT2D eigenvalue weighted by Gasteiger charge is 2.22. The smallest absolute Gasteiger partial charge is 0.121 e. The summed E-state index contributed by atoms with van der Waals surface area (Å²) in [6.07, 6.45) is 1.89. The van der Waals surface area contributed by atoms with Gasteiger partial charge in [0.25, 0.3) is 0 Å². The minimum atomic E-state index is 0.410. The number of benzene rings is 1. The van der Waals surface area contributed by atoms with Crippen LogP contribution in [0.25, 0.3) is 10.9 Å². The standard InChI is InChI=1S/C15H19N3O/c1-18-8-7-16-10-15(18)13-5-6-17-14-9-11(19-2)3-4-12(13)14/h3-6,9,15-16H,7-8,10H2,1-2H3. The Morgan fingerprint density at radius 1 is 1.37 bits per heavy atom. The molecule has 2 aromatic rings. The third-order valence-electron chi connectivity index (χ3n) is 3.85. The van der Waals surface area contributed by atoms with E-state index >= 15 is 0 Å². The fraction of sp³-hybridized carbons (Fsp3) is 0.400. The van der Waals surface area contributed by atoms with Gasteiger partial charge in [-0.25, -0.2) is 0 Å². The van der Waals surface area contributed by atoms with E-state index in [0.717, 1.165) is 30.9 Å². The predicted octanol–water partition coefficient (Wildman–Crippen LogP) is 1.82. The third-order valence-corrected chi connectivity index (χ3v) is 3.85. The zero-order chi connectivity index (χ0) is 13.2. The van der Waals surface area contributed by atoms with Crippen molar-refractivity contribution in [1.82, 2.24) is 15.2 Å². The maximum Gasteiger partial charge on any atom is 0.121 e. The molecule has 0 spiro atoms. The number of methoxy groups -OCH3 is 1. The monoisotopic (exact) mass is 257 g/mol. The second kappa shape index (κ2) is 5.15. The van der Waals surface area contributed by atoms with E-state index in [9.17, 15) is 0 Å². The molecule has 1 aliphatic heterocycles. The van der Waals surface area contributed by atoms with Gasteiger partial charge in [-0.3, -0.25) is 9.88 Å². The summed E-state index contributed by atoms with van der Waals surface area (Å²) in [5.41, 5.74) is 2.33. The molecule has 0 amide bonds. The first-order chi connectivity index (χ1) is 9.29. The Morgan fingerprint density at radius 2 is 2.26 bits per heavy atom. The molecule has 1 atom stereocenters. The first-order valence-corrected chi connectivity index (χ1v) is 6.63. The molecule has 1 fully saturated rings. The van der Waals surface area contributed by atoms with Gasteiger partial charge in [0.2, 0.25) is 0 Å². The topological polar surface area (TPSA) is 37.4 Å². The lowest BCUT2D eigenvalue weighted by atomic mass is 9.99. The van der Waals surface area contributed by atoms with Crippen molar-refractivity contribution in [3.8, 4) is 5.75 Å². The Bertz CT molecular complexity index is 585. The minimum absolute atomic E-state index is 0.410. The summed E-state index contributed by atoms with van der Waals surface area (Å²) < 4.78 is 5.27. The third kappa shape index (κ3) is 2.29. The lowest BCUT2D eigenvalue weighted by Crippen LogP contribution is -2.43. The van der Waals surface area contributed by atoms with Crippen molar-refractivity contribution >= 4 is 10.9 Å². The molecule has 4 heteroatoms. The van der Waals surface area contributed by atoms with Crippen molar-refractivity contribution in [2.24, 2.45) is 0 Å². The molecular formula is C15H19N3O. The molecular weight excluding hydrogens is 238 g/mol. The molecule has 2 heterocycles. The highest BCUT2D eigenvalue weighted by atomic mass is 16.5. The highest BCUT2D eigenvalue weighted by molar-refractivity contribution is 5.83. The maximum atomic E-state index is 5.27. The number of hydrogen-bond donors (Lipinski definition) is 1. The quantitative estimate of drug-likeness (QED) is 0.890. The summed E-state index contributed by atoms with van der Waals surface area (Å²) in [4.78, 5) is 6.85. The van der Waals surface area contributed by atoms with E-state index < -0.39 is 0 Å². The van der Waals surface area contributed by atoms with Gasteiger partial charge >= 0.3 is 0 Å². The number of piperazine rings is 1. The molecule has 19 heavy (non-hydrogen) atoms. The lowest BCUT2D eigenvalue weighted by Gasteiger charge is -2.33. The Labute approximate surface area is 113 Å². The van der Waals surface area contributed by atoms with Crippen molar-refractivity contribution in [1.29, 1.82) is 0 Å². The van der Waals surface area contributed by atoms with Crippen LogP contribution in [0.1, 0.15) is 11.6 Å². The lowest BCUT2D eigenvalue weighted by molar-refractivity contribution is 0.203. The van der Waals surface area contributed by atoms with Crippen LogP contribution in [0.3, 0.4) is 0 Å². The average molecular weight is 257 g/mol. The molecule has 1 unspecified atom stereocenters. The molecule has 4 nitrogen and oxygen atoms in total. The average Bonchev–Trinajstić information content (AvgIpc) is 2.46. The van der Waals surface area contributed by atoms with Crippen LogP contribution in [0.15, 0.2) is 30.5 Å². The Balaban J connectivity index is 2.08. The summed E-state index contributed by atoms with van der Waals surface area (Å²) in [5.74, 6) is 0.854. The molecule has 100 valence electrons. The van der Waals surface area contributed by atoms with Gasteiger partial charge in [-0.2, -0.15) is 0 Å². The molecule has 0 aliphatic carbocycles. The van der Waals surface area contributed by atoms with Gasteiger partial charge in [0.05, 0.1) is 12.6 Å². The van der Waals surface area contributed by atoms with E-state index in [1.807, 2.05) is 18.3 Å². The van der Waals surface area contributed by atoms with Gasteiger partial charge in [-0.15, -0.1) is 0 Å². The predicted molar refractivity (Wildman–Crippen MR) is 76.5 cm³/mol. The second-order valence-corrected chi connectivity index (χ2v) is 4.98. The van der Waals surface area contributed by atoms with Gasteiger partial charge in [0.15, 0.2) is 0 Å². The molecule has 0 saturated carbocycles. The molecule has 1 N–H and O–H groups in total. The summed E-state index contributed by atoms with van der Waals surface area (Å²) in [6, 6.07) is 8.65. The molecule has 1 saturated heterocycles. The fourth-order valence-corrected chi connectivity index (χ4v) is 2.72. The molecule has 1 aromatic carbocycles. The number of rotatable bonds is 2. The van der Waals surface area contributed by atoms with Gasteiger partial charge in [-0.1, -0.05) is 0 Å². The van der Waals surface area contributed by atoms with Crippen LogP contribution in [0.2, 0.25) is 0 Å². The van der Waals surface area contributed by atoms with Gasteiger partial charge in [0.1, 0.15) is 5.75 Å². The summed E-state index contributed by atoms with van der Waals surface area (Å²) in [7, 11) is 3.87. The number of fused-ring (bicyclic) bond motifs is 1. The van der Waals surface area contributed by atoms with Gasteiger partial charge in [-0.05, 0) is 30.8 Å². The number of nitrogens with one attached hydrogen (secondary N) is 1. The SMILES string of the molecule is COc1ccc2c(C3CNCCN3C)ccnc2c1. The first-order valence-electron chi connectivity index (χ1n) is 6.63. The fourth-order valence-electron chi connectivity index (χ4n) is 2.72. The highest BCUT2D eigenvalue weighted by Crippen LogP contribution is 2.29. The Hall–Kier alpha value is -1.65. The summed E-state index contributed by atoms with van der Waals surface area (Å²) >= 11 is 0. The van der Waals surface area contributed by atoms with Crippen molar-refractivity contribution in [2.75, 3.05) is 33.8 Å². The molecule has 1 aliphatic rings. The largest absolute Gasteiger partial charge is 0.497 e. The maximum absolute atomic E-state index is 5.27. The summed E-state index contributed by atoms with van der Waals surface area (Å²) in [5, 5.41) is 4.68. The van der Waals surface area contributed by atoms with Crippen LogP contribution in [0, 0.1) is 0 Å². The normalized spacial score (nSPS) is 20.6. The zero-order valence-corrected chi connectivity index (χ0v) is 11.4. The van der Waals surface area contributed by atoms with Crippen LogP contribution in [0.5, 0.6) is 5.75 Å². The molecule has 0 bridgehead atoms. The zero-order valence-electron chi connectivity index (χ0n) is 11.4. The first kappa shape index (κ1) is 12.4. The Morgan fingerprint density at radius 3 is 3.05 bits per heavy atom. The van der Waals surface area contributed by atoms with Crippen LogP contribution < -0.4 is 10.1 Å². The van der Waals surface area contributed by atoms with Crippen LogP contribution in [-0.2, 0) is 0 Å². The molecule has 0 radical (unpaired) electrons. The van der Waals surface area contributed by atoms with Crippen LogP contribution in [0.4, 0.5) is 0 Å². The van der Waals surface area contributed by atoms with E-state index in [4.69, 9.17) is 4.74 Å². The molecule has 3 rings (SSSR count). The molecule has 1 aromatic heterocycles. The number of hydrogen-bond acceptors (Lipinski definition) is 4. The van der Waals surface area contributed by atoms with Crippen molar-refractivity contribution in [3.05, 3.63) is 36.0 Å². The van der Waals surface area contributed by atoms with Crippen molar-refractivity contribution in [2.45, 2.75) is 6.04 Å². The number of pyridine rings is 1. The van der Waals surface area contributed by atoms with Crippen LogP contribution >= 0.6 is 0 Å². The number of likely N-dealkylation sites (N-methyl/N-ethyl adjacent to an activating group) is 1. The summed E-state index contributed by atoms with van der Waals surface area (Å²) in [6.45, 7) is 3.12. The van der Waals surface area contributed by atoms with E-state index in [1.54, 1.807) is 7.11 Å². The Kier molecular flexibility index (Phi) is 3.36. The minimum Gasteiger partial charge on any atom is -0.497 e. The van der Waals surface area contributed by atoms with Crippen molar-refractivity contribution in [3.63, 3.8) is 0 Å². The van der Waals surface area contributed by atoms with Gasteiger partial charge < -0.3 is 10.1 Å².